The summed E-state index contributed by atoms with van der Waals surface area (Å²) in [6.45, 7) is 2.22. The molecule has 0 fully saturated rings. The van der Waals surface area contributed by atoms with Gasteiger partial charge in [-0.1, -0.05) is 24.3 Å². The SMILES string of the molecule is O=C(NCc1ccco1)c1cccc(CNCC2CC=CCC2)c1. The minimum absolute atomic E-state index is 0.0781. The summed E-state index contributed by atoms with van der Waals surface area (Å²) in [5, 5.41) is 6.39. The van der Waals surface area contributed by atoms with Crippen molar-refractivity contribution in [1.29, 1.82) is 0 Å². The Labute approximate surface area is 142 Å². The Hall–Kier alpha value is -2.33. The van der Waals surface area contributed by atoms with Crippen LogP contribution in [0.5, 0.6) is 0 Å². The molecule has 2 N–H and O–H groups in total. The molecule has 2 aromatic rings. The van der Waals surface area contributed by atoms with Gasteiger partial charge in [0.05, 0.1) is 12.8 Å². The van der Waals surface area contributed by atoms with Gasteiger partial charge in [0.2, 0.25) is 0 Å². The molecule has 126 valence electrons. The Morgan fingerprint density at radius 2 is 2.12 bits per heavy atom. The van der Waals surface area contributed by atoms with Gasteiger partial charge >= 0.3 is 0 Å². The number of nitrogens with one attached hydrogen (secondary N) is 2. The van der Waals surface area contributed by atoms with Gasteiger partial charge < -0.3 is 15.1 Å². The maximum atomic E-state index is 12.2. The molecule has 0 saturated carbocycles. The summed E-state index contributed by atoms with van der Waals surface area (Å²) >= 11 is 0. The van der Waals surface area contributed by atoms with Gasteiger partial charge in [-0.15, -0.1) is 0 Å². The minimum atomic E-state index is -0.0781. The van der Waals surface area contributed by atoms with Crippen LogP contribution in [-0.2, 0) is 13.1 Å². The zero-order chi connectivity index (χ0) is 16.6. The van der Waals surface area contributed by atoms with Gasteiger partial charge in [-0.3, -0.25) is 4.79 Å². The fourth-order valence-electron chi connectivity index (χ4n) is 2.97. The lowest BCUT2D eigenvalue weighted by Gasteiger charge is -2.18. The van der Waals surface area contributed by atoms with Gasteiger partial charge in [-0.2, -0.15) is 0 Å². The summed E-state index contributed by atoms with van der Waals surface area (Å²) in [7, 11) is 0. The lowest BCUT2D eigenvalue weighted by Crippen LogP contribution is -2.24. The summed E-state index contributed by atoms with van der Waals surface area (Å²) in [5.41, 5.74) is 1.81. The number of furan rings is 1. The van der Waals surface area contributed by atoms with E-state index in [4.69, 9.17) is 4.42 Å². The van der Waals surface area contributed by atoms with Crippen LogP contribution in [0.2, 0.25) is 0 Å². The van der Waals surface area contributed by atoms with Crippen molar-refractivity contribution in [2.24, 2.45) is 5.92 Å². The van der Waals surface area contributed by atoms with Crippen molar-refractivity contribution in [3.05, 3.63) is 71.7 Å². The van der Waals surface area contributed by atoms with Crippen LogP contribution in [0.4, 0.5) is 0 Å². The van der Waals surface area contributed by atoms with Crippen molar-refractivity contribution in [2.45, 2.75) is 32.4 Å². The molecule has 0 radical (unpaired) electrons. The molecule has 0 spiro atoms. The van der Waals surface area contributed by atoms with E-state index < -0.39 is 0 Å². The number of benzene rings is 1. The van der Waals surface area contributed by atoms with Crippen LogP contribution in [-0.4, -0.2) is 12.5 Å². The molecule has 1 atom stereocenters. The molecule has 0 aliphatic heterocycles. The normalized spacial score (nSPS) is 16.9. The van der Waals surface area contributed by atoms with Crippen molar-refractivity contribution in [1.82, 2.24) is 10.6 Å². The lowest BCUT2D eigenvalue weighted by atomic mass is 9.94. The molecule has 1 aromatic heterocycles. The van der Waals surface area contributed by atoms with E-state index in [2.05, 4.69) is 28.9 Å². The number of amides is 1. The van der Waals surface area contributed by atoms with Crippen LogP contribution in [0.1, 0.15) is 40.9 Å². The van der Waals surface area contributed by atoms with Gasteiger partial charge in [-0.05, 0) is 61.6 Å². The Balaban J connectivity index is 1.47. The molecule has 1 heterocycles. The highest BCUT2D eigenvalue weighted by Crippen LogP contribution is 2.17. The van der Waals surface area contributed by atoms with Crippen LogP contribution >= 0.6 is 0 Å². The lowest BCUT2D eigenvalue weighted by molar-refractivity contribution is 0.0948. The predicted molar refractivity (Wildman–Crippen MR) is 94.5 cm³/mol. The number of carbonyl (C=O) groups is 1. The molecular weight excluding hydrogens is 300 g/mol. The highest BCUT2D eigenvalue weighted by atomic mass is 16.3. The largest absolute Gasteiger partial charge is 0.467 e. The Kier molecular flexibility index (Phi) is 5.85. The fraction of sp³-hybridized carbons (Fsp3) is 0.350. The molecule has 0 bridgehead atoms. The number of allylic oxidation sites excluding steroid dienone is 2. The smallest absolute Gasteiger partial charge is 0.251 e. The second kappa shape index (κ2) is 8.50. The quantitative estimate of drug-likeness (QED) is 0.764. The number of hydrogen-bond donors (Lipinski definition) is 2. The molecule has 24 heavy (non-hydrogen) atoms. The van der Waals surface area contributed by atoms with E-state index in [1.54, 1.807) is 6.26 Å². The monoisotopic (exact) mass is 324 g/mol. The van der Waals surface area contributed by atoms with Gasteiger partial charge in [0.1, 0.15) is 5.76 Å². The number of rotatable bonds is 7. The molecular formula is C20H24N2O2. The first-order valence-corrected chi connectivity index (χ1v) is 8.56. The molecule has 0 saturated heterocycles. The molecule has 1 unspecified atom stereocenters. The van der Waals surface area contributed by atoms with Crippen molar-refractivity contribution >= 4 is 5.91 Å². The van der Waals surface area contributed by atoms with E-state index in [0.29, 0.717) is 12.1 Å². The zero-order valence-corrected chi connectivity index (χ0v) is 13.8. The molecule has 1 aromatic carbocycles. The van der Waals surface area contributed by atoms with Crippen LogP contribution in [0.25, 0.3) is 0 Å². The van der Waals surface area contributed by atoms with Crippen LogP contribution in [0.15, 0.2) is 59.2 Å². The molecule has 1 amide bonds. The first-order chi connectivity index (χ1) is 11.8. The highest BCUT2D eigenvalue weighted by Gasteiger charge is 2.10. The summed E-state index contributed by atoms with van der Waals surface area (Å²) < 4.78 is 5.22. The minimum Gasteiger partial charge on any atom is -0.467 e. The molecule has 1 aliphatic rings. The van der Waals surface area contributed by atoms with Gasteiger partial charge in [0.15, 0.2) is 0 Å². The van der Waals surface area contributed by atoms with Gasteiger partial charge in [-0.25, -0.2) is 0 Å². The van der Waals surface area contributed by atoms with Crippen LogP contribution in [0, 0.1) is 5.92 Å². The maximum absolute atomic E-state index is 12.2. The summed E-state index contributed by atoms with van der Waals surface area (Å²) in [5.74, 6) is 1.41. The average Bonchev–Trinajstić information content (AvgIpc) is 3.14. The van der Waals surface area contributed by atoms with E-state index >= 15 is 0 Å². The summed E-state index contributed by atoms with van der Waals surface area (Å²) in [4.78, 5) is 12.2. The Morgan fingerprint density at radius 1 is 1.17 bits per heavy atom. The third-order valence-corrected chi connectivity index (χ3v) is 4.33. The van der Waals surface area contributed by atoms with Crippen molar-refractivity contribution < 1.29 is 9.21 Å². The van der Waals surface area contributed by atoms with E-state index in [9.17, 15) is 4.79 Å². The van der Waals surface area contributed by atoms with E-state index in [-0.39, 0.29) is 5.91 Å². The van der Waals surface area contributed by atoms with E-state index in [1.165, 1.54) is 19.3 Å². The van der Waals surface area contributed by atoms with Crippen molar-refractivity contribution in [3.8, 4) is 0 Å². The van der Waals surface area contributed by atoms with Crippen molar-refractivity contribution in [3.63, 3.8) is 0 Å². The fourth-order valence-corrected chi connectivity index (χ4v) is 2.97. The van der Waals surface area contributed by atoms with Crippen LogP contribution in [0.3, 0.4) is 0 Å². The molecule has 3 rings (SSSR count). The first kappa shape index (κ1) is 16.5. The van der Waals surface area contributed by atoms with E-state index in [0.717, 1.165) is 30.3 Å². The second-order valence-corrected chi connectivity index (χ2v) is 6.24. The first-order valence-electron chi connectivity index (χ1n) is 8.56. The Bertz CT molecular complexity index is 677. The summed E-state index contributed by atoms with van der Waals surface area (Å²) in [6, 6.07) is 11.4. The maximum Gasteiger partial charge on any atom is 0.251 e. The second-order valence-electron chi connectivity index (χ2n) is 6.24. The van der Waals surface area contributed by atoms with Crippen LogP contribution < -0.4 is 10.6 Å². The standard InChI is InChI=1S/C20H24N2O2/c23-20(22-15-19-10-5-11-24-19)18-9-4-8-17(12-18)14-21-13-16-6-2-1-3-7-16/h1-2,4-5,8-12,16,21H,3,6-7,13-15H2,(H,22,23). The number of hydrogen-bond acceptors (Lipinski definition) is 3. The zero-order valence-electron chi connectivity index (χ0n) is 13.8. The highest BCUT2D eigenvalue weighted by molar-refractivity contribution is 5.94. The molecule has 4 nitrogen and oxygen atoms in total. The summed E-state index contributed by atoms with van der Waals surface area (Å²) in [6.07, 6.45) is 9.77. The third-order valence-electron chi connectivity index (χ3n) is 4.33. The predicted octanol–water partition coefficient (Wildman–Crippen LogP) is 3.66. The third kappa shape index (κ3) is 4.83. The molecule has 1 aliphatic carbocycles. The van der Waals surface area contributed by atoms with E-state index in [1.807, 2.05) is 30.3 Å². The van der Waals surface area contributed by atoms with Gasteiger partial charge in [0, 0.05) is 12.1 Å². The topological polar surface area (TPSA) is 54.3 Å². The Morgan fingerprint density at radius 3 is 2.92 bits per heavy atom. The van der Waals surface area contributed by atoms with Gasteiger partial charge in [0.25, 0.3) is 5.91 Å². The van der Waals surface area contributed by atoms with Crippen molar-refractivity contribution in [2.75, 3.05) is 6.54 Å². The average molecular weight is 324 g/mol. The number of carbonyl (C=O) groups excluding carboxylic acids is 1. The molecule has 4 heteroatoms.